The summed E-state index contributed by atoms with van der Waals surface area (Å²) in [6.07, 6.45) is 12.3. The molecule has 1 aliphatic carbocycles. The molecule has 3 rings (SSSR count). The Balaban J connectivity index is 1.68. The maximum atomic E-state index is 6.28. The van der Waals surface area contributed by atoms with Gasteiger partial charge in [-0.25, -0.2) is 0 Å². The molecule has 0 aromatic heterocycles. The lowest BCUT2D eigenvalue weighted by Crippen LogP contribution is -2.45. The van der Waals surface area contributed by atoms with Crippen molar-refractivity contribution >= 4 is 11.8 Å². The summed E-state index contributed by atoms with van der Waals surface area (Å²) in [7, 11) is 0. The highest BCUT2D eigenvalue weighted by Gasteiger charge is 2.42. The lowest BCUT2D eigenvalue weighted by atomic mass is 9.70. The van der Waals surface area contributed by atoms with E-state index < -0.39 is 0 Å². The van der Waals surface area contributed by atoms with Crippen LogP contribution in [0.4, 0.5) is 0 Å². The Kier molecular flexibility index (Phi) is 5.33. The summed E-state index contributed by atoms with van der Waals surface area (Å²) >= 11 is 2.11. The van der Waals surface area contributed by atoms with Crippen LogP contribution in [0.1, 0.15) is 57.8 Å². The van der Waals surface area contributed by atoms with Crippen LogP contribution in [0.5, 0.6) is 0 Å². The highest BCUT2D eigenvalue weighted by Crippen LogP contribution is 2.45. The number of thioether (sulfide) groups is 1. The van der Waals surface area contributed by atoms with Crippen molar-refractivity contribution in [3.8, 4) is 0 Å². The highest BCUT2D eigenvalue weighted by molar-refractivity contribution is 7.99. The van der Waals surface area contributed by atoms with Gasteiger partial charge in [0.15, 0.2) is 0 Å². The zero-order valence-corrected chi connectivity index (χ0v) is 13.6. The second kappa shape index (κ2) is 7.02. The number of hydrogen-bond donors (Lipinski definition) is 1. The van der Waals surface area contributed by atoms with Crippen LogP contribution in [-0.4, -0.2) is 30.3 Å². The fraction of sp³-hybridized carbons (Fsp3) is 1.00. The summed E-state index contributed by atoms with van der Waals surface area (Å²) in [4.78, 5) is 0. The fourth-order valence-corrected chi connectivity index (χ4v) is 6.09. The molecule has 0 aromatic rings. The van der Waals surface area contributed by atoms with Crippen molar-refractivity contribution in [2.45, 2.75) is 63.4 Å². The zero-order chi connectivity index (χ0) is 13.8. The third kappa shape index (κ3) is 3.36. The van der Waals surface area contributed by atoms with Crippen molar-refractivity contribution in [2.24, 2.45) is 23.5 Å². The first-order valence-electron chi connectivity index (χ1n) is 8.75. The molecule has 2 aliphatic heterocycles. The van der Waals surface area contributed by atoms with Crippen molar-refractivity contribution in [3.63, 3.8) is 0 Å². The third-order valence-electron chi connectivity index (χ3n) is 6.06. The second-order valence-corrected chi connectivity index (χ2v) is 8.42. The molecule has 3 fully saturated rings. The average Bonchev–Trinajstić information content (AvgIpc) is 2.73. The molecule has 2 heterocycles. The standard InChI is InChI=1S/C17H31NOS/c18-13-15-4-2-1-3-5-16(15)14-6-9-19-17(12-14)7-10-20-11-8-17/h14-16H,1-13,18H2. The predicted octanol–water partition coefficient (Wildman–Crippen LogP) is 3.83. The van der Waals surface area contributed by atoms with Gasteiger partial charge in [-0.1, -0.05) is 19.3 Å². The van der Waals surface area contributed by atoms with Gasteiger partial charge in [-0.2, -0.15) is 11.8 Å². The molecular weight excluding hydrogens is 266 g/mol. The zero-order valence-electron chi connectivity index (χ0n) is 12.8. The smallest absolute Gasteiger partial charge is 0.0701 e. The molecule has 0 aromatic carbocycles. The normalized spacial score (nSPS) is 38.5. The van der Waals surface area contributed by atoms with Gasteiger partial charge in [0.2, 0.25) is 0 Å². The first-order valence-corrected chi connectivity index (χ1v) is 9.90. The molecule has 3 heteroatoms. The lowest BCUT2D eigenvalue weighted by molar-refractivity contribution is -0.115. The van der Waals surface area contributed by atoms with Crippen LogP contribution in [0.15, 0.2) is 0 Å². The Bertz CT molecular complexity index is 298. The van der Waals surface area contributed by atoms with E-state index in [4.69, 9.17) is 10.5 Å². The van der Waals surface area contributed by atoms with Gasteiger partial charge in [-0.05, 0) is 74.3 Å². The quantitative estimate of drug-likeness (QED) is 0.787. The third-order valence-corrected chi connectivity index (χ3v) is 7.05. The van der Waals surface area contributed by atoms with Gasteiger partial charge < -0.3 is 10.5 Å². The van der Waals surface area contributed by atoms with E-state index in [-0.39, 0.29) is 5.60 Å². The molecular formula is C17H31NOS. The number of ether oxygens (including phenoxy) is 1. The Morgan fingerprint density at radius 1 is 1.05 bits per heavy atom. The van der Waals surface area contributed by atoms with Gasteiger partial charge in [-0.3, -0.25) is 0 Å². The van der Waals surface area contributed by atoms with Crippen LogP contribution in [0.3, 0.4) is 0 Å². The van der Waals surface area contributed by atoms with Crippen molar-refractivity contribution in [3.05, 3.63) is 0 Å². The van der Waals surface area contributed by atoms with E-state index in [9.17, 15) is 0 Å². The minimum atomic E-state index is 0.250. The molecule has 1 spiro atoms. The van der Waals surface area contributed by atoms with E-state index in [2.05, 4.69) is 11.8 Å². The predicted molar refractivity (Wildman–Crippen MR) is 87.1 cm³/mol. The van der Waals surface area contributed by atoms with Gasteiger partial charge in [-0.15, -0.1) is 0 Å². The average molecular weight is 298 g/mol. The highest BCUT2D eigenvalue weighted by atomic mass is 32.2. The van der Waals surface area contributed by atoms with E-state index in [0.29, 0.717) is 0 Å². The molecule has 116 valence electrons. The van der Waals surface area contributed by atoms with Gasteiger partial charge >= 0.3 is 0 Å². The van der Waals surface area contributed by atoms with E-state index in [1.54, 1.807) is 0 Å². The van der Waals surface area contributed by atoms with E-state index in [1.165, 1.54) is 69.3 Å². The number of rotatable bonds is 2. The first kappa shape index (κ1) is 15.2. The summed E-state index contributed by atoms with van der Waals surface area (Å²) < 4.78 is 6.28. The fourth-order valence-electron chi connectivity index (χ4n) is 4.85. The maximum absolute atomic E-state index is 6.28. The van der Waals surface area contributed by atoms with E-state index in [0.717, 1.165) is 30.9 Å². The van der Waals surface area contributed by atoms with Gasteiger partial charge in [0.1, 0.15) is 0 Å². The molecule has 0 bridgehead atoms. The summed E-state index contributed by atoms with van der Waals surface area (Å²) in [6.45, 7) is 1.91. The Hall–Kier alpha value is 0.270. The Morgan fingerprint density at radius 2 is 1.85 bits per heavy atom. The van der Waals surface area contributed by atoms with Gasteiger partial charge in [0.25, 0.3) is 0 Å². The Labute approximate surface area is 128 Å². The lowest BCUT2D eigenvalue weighted by Gasteiger charge is -2.46. The number of hydrogen-bond acceptors (Lipinski definition) is 3. The van der Waals surface area contributed by atoms with Crippen LogP contribution < -0.4 is 5.73 Å². The maximum Gasteiger partial charge on any atom is 0.0701 e. The molecule has 3 atom stereocenters. The Morgan fingerprint density at radius 3 is 2.65 bits per heavy atom. The first-order chi connectivity index (χ1) is 9.83. The molecule has 0 radical (unpaired) electrons. The summed E-state index contributed by atoms with van der Waals surface area (Å²) in [5.74, 6) is 5.17. The van der Waals surface area contributed by atoms with E-state index >= 15 is 0 Å². The van der Waals surface area contributed by atoms with Gasteiger partial charge in [0.05, 0.1) is 5.60 Å². The molecule has 1 saturated carbocycles. The minimum Gasteiger partial charge on any atom is -0.375 e. The molecule has 2 nitrogen and oxygen atoms in total. The molecule has 20 heavy (non-hydrogen) atoms. The van der Waals surface area contributed by atoms with Gasteiger partial charge in [0, 0.05) is 6.61 Å². The minimum absolute atomic E-state index is 0.250. The van der Waals surface area contributed by atoms with Crippen molar-refractivity contribution in [1.82, 2.24) is 0 Å². The molecule has 2 saturated heterocycles. The molecule has 2 N–H and O–H groups in total. The monoisotopic (exact) mass is 297 g/mol. The summed E-state index contributed by atoms with van der Waals surface area (Å²) in [5, 5.41) is 0. The largest absolute Gasteiger partial charge is 0.375 e. The van der Waals surface area contributed by atoms with Crippen LogP contribution in [0.25, 0.3) is 0 Å². The SMILES string of the molecule is NCC1CCCCCC1C1CCOC2(CCSCC2)C1. The van der Waals surface area contributed by atoms with Crippen LogP contribution in [0.2, 0.25) is 0 Å². The van der Waals surface area contributed by atoms with Crippen LogP contribution in [-0.2, 0) is 4.74 Å². The summed E-state index contributed by atoms with van der Waals surface area (Å²) in [5.41, 5.74) is 6.35. The van der Waals surface area contributed by atoms with Crippen molar-refractivity contribution in [2.75, 3.05) is 24.7 Å². The topological polar surface area (TPSA) is 35.2 Å². The molecule has 3 unspecified atom stereocenters. The van der Waals surface area contributed by atoms with E-state index in [1.807, 2.05) is 0 Å². The van der Waals surface area contributed by atoms with Crippen LogP contribution in [0, 0.1) is 17.8 Å². The molecule has 3 aliphatic rings. The number of nitrogens with two attached hydrogens (primary N) is 1. The second-order valence-electron chi connectivity index (χ2n) is 7.19. The van der Waals surface area contributed by atoms with Crippen molar-refractivity contribution < 1.29 is 4.74 Å². The molecule has 0 amide bonds. The van der Waals surface area contributed by atoms with Crippen LogP contribution >= 0.6 is 11.8 Å². The summed E-state index contributed by atoms with van der Waals surface area (Å²) in [6, 6.07) is 0. The van der Waals surface area contributed by atoms with Crippen molar-refractivity contribution in [1.29, 1.82) is 0 Å².